The fourth-order valence-electron chi connectivity index (χ4n) is 6.57. The number of ether oxygens (including phenoxy) is 2. The van der Waals surface area contributed by atoms with Crippen molar-refractivity contribution in [3.63, 3.8) is 0 Å². The summed E-state index contributed by atoms with van der Waals surface area (Å²) in [5.41, 5.74) is -1.78. The Morgan fingerprint density at radius 3 is 2.49 bits per heavy atom. The molecule has 3 heterocycles. The number of esters is 1. The zero-order valence-electron chi connectivity index (χ0n) is 21.5. The van der Waals surface area contributed by atoms with Crippen LogP contribution in [0.1, 0.15) is 47.5 Å². The number of carbonyl (C=O) groups excluding carboxylic acids is 3. The van der Waals surface area contributed by atoms with Crippen molar-refractivity contribution in [2.75, 3.05) is 26.3 Å². The lowest BCUT2D eigenvalue weighted by Crippen LogP contribution is -2.61. The van der Waals surface area contributed by atoms with Gasteiger partial charge in [-0.2, -0.15) is 0 Å². The highest BCUT2D eigenvalue weighted by Gasteiger charge is 2.77. The van der Waals surface area contributed by atoms with Gasteiger partial charge in [0.1, 0.15) is 18.2 Å². The topological polar surface area (TPSA) is 96.4 Å². The number of rotatable bonds is 10. The van der Waals surface area contributed by atoms with Gasteiger partial charge in [-0.25, -0.2) is 0 Å². The number of hydrogen-bond acceptors (Lipinski definition) is 6. The highest BCUT2D eigenvalue weighted by Crippen LogP contribution is 2.60. The molecule has 0 aliphatic carbocycles. The molecule has 3 unspecified atom stereocenters. The Kier molecular flexibility index (Phi) is 7.95. The second-order valence-electron chi connectivity index (χ2n) is 11.6. The summed E-state index contributed by atoms with van der Waals surface area (Å²) in [6.45, 7) is 17.8. The molecule has 196 valence electrons. The standard InChI is InChI=1S/C26H39BrN2O6/c1-8-10-29(25(6,7)15-24(3,4)5)22(32)20-26-14-16(27)19(35-26)17(23(33)34-13-9-2)18(26)21(31)28(20)11-12-30/h8-9,16-20,30H,1-2,10-15H2,3-7H3/t16?,17-,18+,19-,20?,26?/m1/s1. The van der Waals surface area contributed by atoms with Gasteiger partial charge in [0.25, 0.3) is 0 Å². The van der Waals surface area contributed by atoms with Crippen molar-refractivity contribution in [1.29, 1.82) is 0 Å². The van der Waals surface area contributed by atoms with Gasteiger partial charge in [-0.15, -0.1) is 6.58 Å². The third-order valence-corrected chi connectivity index (χ3v) is 8.10. The van der Waals surface area contributed by atoms with Crippen LogP contribution in [0, 0.1) is 17.3 Å². The molecule has 0 radical (unpaired) electrons. The number of aliphatic hydroxyl groups is 1. The van der Waals surface area contributed by atoms with Crippen LogP contribution in [-0.2, 0) is 23.9 Å². The molecule has 3 aliphatic rings. The second kappa shape index (κ2) is 9.98. The molecule has 9 heteroatoms. The van der Waals surface area contributed by atoms with Gasteiger partial charge >= 0.3 is 5.97 Å². The van der Waals surface area contributed by atoms with Gasteiger partial charge in [0.05, 0.1) is 24.5 Å². The Balaban J connectivity index is 2.07. The van der Waals surface area contributed by atoms with Crippen LogP contribution in [-0.4, -0.2) is 87.1 Å². The summed E-state index contributed by atoms with van der Waals surface area (Å²) in [4.78, 5) is 44.1. The molecule has 0 saturated carbocycles. The largest absolute Gasteiger partial charge is 0.461 e. The summed E-state index contributed by atoms with van der Waals surface area (Å²) in [6, 6.07) is -0.964. The van der Waals surface area contributed by atoms with E-state index in [0.29, 0.717) is 13.0 Å². The van der Waals surface area contributed by atoms with Crippen molar-refractivity contribution >= 4 is 33.7 Å². The minimum absolute atomic E-state index is 0.0233. The van der Waals surface area contributed by atoms with E-state index in [2.05, 4.69) is 49.9 Å². The number of fused-ring (bicyclic) bond motifs is 1. The van der Waals surface area contributed by atoms with E-state index in [9.17, 15) is 19.5 Å². The first-order chi connectivity index (χ1) is 16.3. The van der Waals surface area contributed by atoms with E-state index in [-0.39, 0.29) is 41.8 Å². The highest BCUT2D eigenvalue weighted by atomic mass is 79.9. The summed E-state index contributed by atoms with van der Waals surface area (Å²) in [6.07, 6.45) is 3.69. The molecule has 0 aromatic carbocycles. The maximum atomic E-state index is 14.4. The molecule has 0 aromatic rings. The van der Waals surface area contributed by atoms with Gasteiger partial charge in [0, 0.05) is 23.5 Å². The van der Waals surface area contributed by atoms with Crippen molar-refractivity contribution in [2.24, 2.45) is 17.3 Å². The minimum Gasteiger partial charge on any atom is -0.461 e. The third kappa shape index (κ3) is 4.83. The number of carbonyl (C=O) groups is 3. The first-order valence-corrected chi connectivity index (χ1v) is 13.1. The molecule has 1 N–H and O–H groups in total. The van der Waals surface area contributed by atoms with E-state index >= 15 is 0 Å². The lowest BCUT2D eigenvalue weighted by atomic mass is 9.70. The SMILES string of the molecule is C=CCOC(=O)[C@H]1[C@@H]2OC3(CC2Br)C(C(=O)N(CC=C)C(C)(C)CC(C)(C)C)N(CCO)C(=O)[C@H]13. The van der Waals surface area contributed by atoms with E-state index < -0.39 is 41.1 Å². The van der Waals surface area contributed by atoms with Crippen molar-refractivity contribution < 1.29 is 29.0 Å². The normalized spacial score (nSPS) is 31.9. The summed E-state index contributed by atoms with van der Waals surface area (Å²) >= 11 is 3.63. The van der Waals surface area contributed by atoms with E-state index in [1.54, 1.807) is 11.0 Å². The van der Waals surface area contributed by atoms with Crippen molar-refractivity contribution in [2.45, 2.75) is 75.6 Å². The lowest BCUT2D eigenvalue weighted by Gasteiger charge is -2.45. The first kappa shape index (κ1) is 27.9. The highest BCUT2D eigenvalue weighted by molar-refractivity contribution is 9.09. The first-order valence-electron chi connectivity index (χ1n) is 12.2. The maximum absolute atomic E-state index is 14.4. The molecule has 35 heavy (non-hydrogen) atoms. The van der Waals surface area contributed by atoms with Crippen LogP contribution in [0.2, 0.25) is 0 Å². The molecule has 3 saturated heterocycles. The lowest BCUT2D eigenvalue weighted by molar-refractivity contribution is -0.155. The molecule has 6 atom stereocenters. The molecule has 1 spiro atoms. The molecular formula is C26H39BrN2O6. The predicted molar refractivity (Wildman–Crippen MR) is 136 cm³/mol. The smallest absolute Gasteiger partial charge is 0.312 e. The number of aliphatic hydroxyl groups excluding tert-OH is 1. The van der Waals surface area contributed by atoms with Crippen LogP contribution in [0.3, 0.4) is 0 Å². The predicted octanol–water partition coefficient (Wildman–Crippen LogP) is 2.69. The van der Waals surface area contributed by atoms with Crippen LogP contribution in [0.25, 0.3) is 0 Å². The summed E-state index contributed by atoms with van der Waals surface area (Å²) in [5, 5.41) is 9.78. The summed E-state index contributed by atoms with van der Waals surface area (Å²) < 4.78 is 11.8. The summed E-state index contributed by atoms with van der Waals surface area (Å²) in [7, 11) is 0. The quantitative estimate of drug-likeness (QED) is 0.253. The zero-order chi connectivity index (χ0) is 26.3. The van der Waals surface area contributed by atoms with Gasteiger partial charge in [-0.1, -0.05) is 55.4 Å². The number of amides is 2. The number of halogens is 1. The van der Waals surface area contributed by atoms with Crippen molar-refractivity contribution in [1.82, 2.24) is 9.80 Å². The minimum atomic E-state index is -1.18. The van der Waals surface area contributed by atoms with E-state index in [1.165, 1.54) is 11.0 Å². The van der Waals surface area contributed by atoms with Gasteiger partial charge in [-0.3, -0.25) is 14.4 Å². The van der Waals surface area contributed by atoms with Crippen LogP contribution in [0.5, 0.6) is 0 Å². The van der Waals surface area contributed by atoms with Crippen molar-refractivity contribution in [3.05, 3.63) is 25.3 Å². The van der Waals surface area contributed by atoms with Gasteiger partial charge in [-0.05, 0) is 32.1 Å². The molecule has 8 nitrogen and oxygen atoms in total. The molecule has 2 bridgehead atoms. The maximum Gasteiger partial charge on any atom is 0.312 e. The number of likely N-dealkylation sites (tertiary alicyclic amines) is 1. The van der Waals surface area contributed by atoms with Gasteiger partial charge in [0.15, 0.2) is 0 Å². The number of nitrogens with zero attached hydrogens (tertiary/aromatic N) is 2. The Labute approximate surface area is 216 Å². The zero-order valence-corrected chi connectivity index (χ0v) is 23.0. The van der Waals surface area contributed by atoms with Gasteiger partial charge in [0.2, 0.25) is 11.8 Å². The molecule has 2 amide bonds. The average molecular weight is 556 g/mol. The summed E-state index contributed by atoms with van der Waals surface area (Å²) in [5.74, 6) is -2.84. The molecule has 0 aromatic heterocycles. The second-order valence-corrected chi connectivity index (χ2v) is 12.8. The molecule has 3 rings (SSSR count). The number of alkyl halides is 1. The van der Waals surface area contributed by atoms with Crippen LogP contribution in [0.4, 0.5) is 0 Å². The molecule has 3 aliphatic heterocycles. The Bertz CT molecular complexity index is 884. The molecular weight excluding hydrogens is 516 g/mol. The van der Waals surface area contributed by atoms with Gasteiger partial charge < -0.3 is 24.4 Å². The van der Waals surface area contributed by atoms with Crippen LogP contribution < -0.4 is 0 Å². The Hall–Kier alpha value is -1.71. The number of hydrogen-bond donors (Lipinski definition) is 1. The molecule has 3 fully saturated rings. The van der Waals surface area contributed by atoms with E-state index in [4.69, 9.17) is 9.47 Å². The monoisotopic (exact) mass is 554 g/mol. The van der Waals surface area contributed by atoms with E-state index in [1.807, 2.05) is 13.8 Å². The Morgan fingerprint density at radius 2 is 1.94 bits per heavy atom. The van der Waals surface area contributed by atoms with E-state index in [0.717, 1.165) is 6.42 Å². The third-order valence-electron chi connectivity index (χ3n) is 7.25. The average Bonchev–Trinajstić information content (AvgIpc) is 3.32. The van der Waals surface area contributed by atoms with Crippen LogP contribution >= 0.6 is 15.9 Å². The van der Waals surface area contributed by atoms with Crippen molar-refractivity contribution in [3.8, 4) is 0 Å². The fraction of sp³-hybridized carbons (Fsp3) is 0.731. The fourth-order valence-corrected chi connectivity index (χ4v) is 7.51. The number of β-amino-alcohol motifs (C(OH)–C–C–N with tert-alkyl or cyclic N) is 1. The Morgan fingerprint density at radius 1 is 1.29 bits per heavy atom. The van der Waals surface area contributed by atoms with Crippen LogP contribution in [0.15, 0.2) is 25.3 Å².